The number of methoxy groups -OCH3 is 2. The zero-order chi connectivity index (χ0) is 13.4. The number of unbranched alkanes of at least 4 members (excludes halogenated alkanes) is 1. The summed E-state index contributed by atoms with van der Waals surface area (Å²) in [6.07, 6.45) is 1.78. The third kappa shape index (κ3) is 4.37. The van der Waals surface area contributed by atoms with Gasteiger partial charge < -0.3 is 19.9 Å². The number of ether oxygens (including phenoxy) is 2. The number of hydrogen-bond donors (Lipinski definition) is 2. The number of hydrogen-bond acceptors (Lipinski definition) is 4. The average molecular weight is 274 g/mol. The monoisotopic (exact) mass is 273 g/mol. The number of halogens is 1. The summed E-state index contributed by atoms with van der Waals surface area (Å²) in [4.78, 5) is 0. The molecule has 0 heterocycles. The van der Waals surface area contributed by atoms with Crippen LogP contribution < -0.4 is 14.8 Å². The molecule has 0 radical (unpaired) electrons. The summed E-state index contributed by atoms with van der Waals surface area (Å²) in [7, 11) is 3.16. The lowest BCUT2D eigenvalue weighted by atomic mass is 10.2. The van der Waals surface area contributed by atoms with E-state index in [1.807, 2.05) is 12.1 Å². The second-order valence-electron chi connectivity index (χ2n) is 3.92. The summed E-state index contributed by atoms with van der Waals surface area (Å²) in [5, 5.41) is 12.5. The average Bonchev–Trinajstić information content (AvgIpc) is 2.37. The first-order chi connectivity index (χ1) is 8.72. The van der Waals surface area contributed by atoms with E-state index in [2.05, 4.69) is 5.32 Å². The Labute approximate surface area is 113 Å². The first-order valence-corrected chi connectivity index (χ1v) is 6.32. The van der Waals surface area contributed by atoms with Crippen LogP contribution in [-0.4, -0.2) is 32.5 Å². The Balaban J connectivity index is 2.58. The van der Waals surface area contributed by atoms with Gasteiger partial charge in [0.15, 0.2) is 11.5 Å². The van der Waals surface area contributed by atoms with Crippen molar-refractivity contribution < 1.29 is 14.6 Å². The van der Waals surface area contributed by atoms with Gasteiger partial charge in [0.25, 0.3) is 0 Å². The van der Waals surface area contributed by atoms with Crippen LogP contribution in [0.15, 0.2) is 12.1 Å². The molecule has 102 valence electrons. The number of aliphatic hydroxyl groups excluding tert-OH is 1. The summed E-state index contributed by atoms with van der Waals surface area (Å²) < 4.78 is 10.4. The molecule has 0 aliphatic rings. The molecule has 1 aromatic rings. The molecule has 0 saturated heterocycles. The van der Waals surface area contributed by atoms with Crippen molar-refractivity contribution in [2.75, 3.05) is 27.4 Å². The molecule has 0 amide bonds. The predicted molar refractivity (Wildman–Crippen MR) is 72.6 cm³/mol. The summed E-state index contributed by atoms with van der Waals surface area (Å²) in [6, 6.07) is 3.77. The molecule has 0 fully saturated rings. The topological polar surface area (TPSA) is 50.7 Å². The molecule has 0 bridgehead atoms. The zero-order valence-electron chi connectivity index (χ0n) is 10.8. The van der Waals surface area contributed by atoms with Crippen LogP contribution in [0.4, 0.5) is 0 Å². The summed E-state index contributed by atoms with van der Waals surface area (Å²) in [5.41, 5.74) is 1.04. The first-order valence-electron chi connectivity index (χ1n) is 5.95. The van der Waals surface area contributed by atoms with Crippen LogP contribution in [0, 0.1) is 0 Å². The predicted octanol–water partition coefficient (Wildman–Crippen LogP) is 2.22. The summed E-state index contributed by atoms with van der Waals surface area (Å²) >= 11 is 6.11. The number of rotatable bonds is 8. The van der Waals surface area contributed by atoms with Gasteiger partial charge >= 0.3 is 0 Å². The van der Waals surface area contributed by atoms with E-state index < -0.39 is 0 Å². The molecular weight excluding hydrogens is 254 g/mol. The Kier molecular flexibility index (Phi) is 6.86. The van der Waals surface area contributed by atoms with Gasteiger partial charge in [0.05, 0.1) is 19.2 Å². The highest BCUT2D eigenvalue weighted by atomic mass is 35.5. The van der Waals surface area contributed by atoms with Crippen molar-refractivity contribution in [3.8, 4) is 11.5 Å². The SMILES string of the molecule is COc1cc(CNCCCCO)cc(Cl)c1OC. The van der Waals surface area contributed by atoms with Crippen LogP contribution in [0.2, 0.25) is 5.02 Å². The van der Waals surface area contributed by atoms with Gasteiger partial charge in [0.2, 0.25) is 0 Å². The zero-order valence-corrected chi connectivity index (χ0v) is 11.6. The molecular formula is C13H20ClNO3. The van der Waals surface area contributed by atoms with Gasteiger partial charge in [-0.1, -0.05) is 11.6 Å². The van der Waals surface area contributed by atoms with E-state index in [4.69, 9.17) is 26.2 Å². The van der Waals surface area contributed by atoms with Gasteiger partial charge in [0, 0.05) is 13.2 Å². The summed E-state index contributed by atoms with van der Waals surface area (Å²) in [6.45, 7) is 1.82. The largest absolute Gasteiger partial charge is 0.493 e. The van der Waals surface area contributed by atoms with Crippen LogP contribution in [0.1, 0.15) is 18.4 Å². The Hall–Kier alpha value is -0.970. The highest BCUT2D eigenvalue weighted by Gasteiger charge is 2.10. The maximum absolute atomic E-state index is 8.67. The minimum Gasteiger partial charge on any atom is -0.493 e. The van der Waals surface area contributed by atoms with Crippen LogP contribution in [-0.2, 0) is 6.54 Å². The Morgan fingerprint density at radius 1 is 1.22 bits per heavy atom. The smallest absolute Gasteiger partial charge is 0.179 e. The maximum Gasteiger partial charge on any atom is 0.179 e. The fourth-order valence-corrected chi connectivity index (χ4v) is 1.98. The number of aliphatic hydroxyl groups is 1. The van der Waals surface area contributed by atoms with Gasteiger partial charge in [-0.2, -0.15) is 0 Å². The third-order valence-corrected chi connectivity index (χ3v) is 2.86. The van der Waals surface area contributed by atoms with Crippen molar-refractivity contribution in [3.63, 3.8) is 0 Å². The Bertz CT molecular complexity index is 371. The van der Waals surface area contributed by atoms with E-state index in [-0.39, 0.29) is 6.61 Å². The standard InChI is InChI=1S/C13H20ClNO3/c1-17-12-8-10(7-11(14)13(12)18-2)9-15-5-3-4-6-16/h7-8,15-16H,3-6,9H2,1-2H3. The normalized spacial score (nSPS) is 10.4. The second kappa shape index (κ2) is 8.19. The molecule has 0 saturated carbocycles. The van der Waals surface area contributed by atoms with E-state index in [9.17, 15) is 0 Å². The van der Waals surface area contributed by atoms with Gasteiger partial charge in [0.1, 0.15) is 0 Å². The molecule has 18 heavy (non-hydrogen) atoms. The highest BCUT2D eigenvalue weighted by Crippen LogP contribution is 2.35. The van der Waals surface area contributed by atoms with Crippen LogP contribution >= 0.6 is 11.6 Å². The van der Waals surface area contributed by atoms with Gasteiger partial charge in [-0.05, 0) is 37.1 Å². The molecule has 1 rings (SSSR count). The fourth-order valence-electron chi connectivity index (χ4n) is 1.67. The van der Waals surface area contributed by atoms with Gasteiger partial charge in [-0.25, -0.2) is 0 Å². The van der Waals surface area contributed by atoms with Crippen molar-refractivity contribution in [2.45, 2.75) is 19.4 Å². The minimum atomic E-state index is 0.240. The molecule has 0 unspecified atom stereocenters. The third-order valence-electron chi connectivity index (χ3n) is 2.58. The molecule has 1 aromatic carbocycles. The molecule has 0 aromatic heterocycles. The van der Waals surface area contributed by atoms with E-state index >= 15 is 0 Å². The lowest BCUT2D eigenvalue weighted by Gasteiger charge is -2.12. The Morgan fingerprint density at radius 3 is 2.61 bits per heavy atom. The van der Waals surface area contributed by atoms with Crippen LogP contribution in [0.25, 0.3) is 0 Å². The van der Waals surface area contributed by atoms with Gasteiger partial charge in [-0.3, -0.25) is 0 Å². The van der Waals surface area contributed by atoms with E-state index in [1.54, 1.807) is 14.2 Å². The molecule has 0 aliphatic carbocycles. The first kappa shape index (κ1) is 15.1. The van der Waals surface area contributed by atoms with Crippen LogP contribution in [0.5, 0.6) is 11.5 Å². The Morgan fingerprint density at radius 2 is 2.00 bits per heavy atom. The lowest BCUT2D eigenvalue weighted by Crippen LogP contribution is -2.15. The van der Waals surface area contributed by atoms with Crippen molar-refractivity contribution in [2.24, 2.45) is 0 Å². The van der Waals surface area contributed by atoms with Gasteiger partial charge in [-0.15, -0.1) is 0 Å². The highest BCUT2D eigenvalue weighted by molar-refractivity contribution is 6.32. The molecule has 0 atom stereocenters. The van der Waals surface area contributed by atoms with Crippen molar-refractivity contribution >= 4 is 11.6 Å². The minimum absolute atomic E-state index is 0.240. The molecule has 0 aliphatic heterocycles. The van der Waals surface area contributed by atoms with E-state index in [0.717, 1.165) is 24.9 Å². The van der Waals surface area contributed by atoms with Crippen LogP contribution in [0.3, 0.4) is 0 Å². The number of nitrogens with one attached hydrogen (secondary N) is 1. The maximum atomic E-state index is 8.67. The molecule has 2 N–H and O–H groups in total. The molecule has 0 spiro atoms. The fraction of sp³-hybridized carbons (Fsp3) is 0.538. The van der Waals surface area contributed by atoms with Crippen molar-refractivity contribution in [1.82, 2.24) is 5.32 Å². The quantitative estimate of drug-likeness (QED) is 0.713. The lowest BCUT2D eigenvalue weighted by molar-refractivity contribution is 0.283. The molecule has 5 heteroatoms. The van der Waals surface area contributed by atoms with Crippen molar-refractivity contribution in [3.05, 3.63) is 22.7 Å². The van der Waals surface area contributed by atoms with Crippen molar-refractivity contribution in [1.29, 1.82) is 0 Å². The van der Waals surface area contributed by atoms with E-state index in [0.29, 0.717) is 23.1 Å². The van der Waals surface area contributed by atoms with E-state index in [1.165, 1.54) is 0 Å². The second-order valence-corrected chi connectivity index (χ2v) is 4.33. The number of benzene rings is 1. The molecule has 4 nitrogen and oxygen atoms in total. The summed E-state index contributed by atoms with van der Waals surface area (Å²) in [5.74, 6) is 1.19.